The van der Waals surface area contributed by atoms with Gasteiger partial charge in [-0.15, -0.1) is 0 Å². The van der Waals surface area contributed by atoms with Crippen LogP contribution in [0.5, 0.6) is 0 Å². The molecular formula is C22H23FN2O4. The molecular weight excluding hydrogens is 375 g/mol. The highest BCUT2D eigenvalue weighted by molar-refractivity contribution is 6.21. The number of alkyl carbamates (subject to hydrolysis) is 1. The second-order valence-electron chi connectivity index (χ2n) is 7.93. The number of imide groups is 1. The Kier molecular flexibility index (Phi) is 5.42. The Morgan fingerprint density at radius 3 is 2.21 bits per heavy atom. The molecule has 7 heteroatoms. The first kappa shape index (κ1) is 20.5. The van der Waals surface area contributed by atoms with Crippen molar-refractivity contribution >= 4 is 17.9 Å². The van der Waals surface area contributed by atoms with Gasteiger partial charge in [0.2, 0.25) is 0 Å². The normalized spacial score (nSPS) is 14.6. The highest BCUT2D eigenvalue weighted by Crippen LogP contribution is 2.32. The lowest BCUT2D eigenvalue weighted by atomic mass is 9.99. The van der Waals surface area contributed by atoms with Crippen LogP contribution in [-0.4, -0.2) is 35.0 Å². The fraction of sp³-hybridized carbons (Fsp3) is 0.318. The van der Waals surface area contributed by atoms with Crippen LogP contribution in [0.4, 0.5) is 9.18 Å². The van der Waals surface area contributed by atoms with Crippen LogP contribution in [0.3, 0.4) is 0 Å². The number of aryl methyl sites for hydroxylation is 1. The summed E-state index contributed by atoms with van der Waals surface area (Å²) >= 11 is 0. The van der Waals surface area contributed by atoms with Crippen LogP contribution in [0.15, 0.2) is 42.5 Å². The number of carbonyl (C=O) groups excluding carboxylic acids is 3. The van der Waals surface area contributed by atoms with E-state index in [9.17, 15) is 18.8 Å². The van der Waals surface area contributed by atoms with Gasteiger partial charge in [-0.25, -0.2) is 9.18 Å². The minimum atomic E-state index is -0.810. The van der Waals surface area contributed by atoms with E-state index in [1.54, 1.807) is 52.0 Å². The van der Waals surface area contributed by atoms with Crippen molar-refractivity contribution in [1.29, 1.82) is 0 Å². The van der Waals surface area contributed by atoms with Crippen molar-refractivity contribution < 1.29 is 23.5 Å². The molecule has 0 spiro atoms. The van der Waals surface area contributed by atoms with Crippen molar-refractivity contribution in [3.8, 4) is 0 Å². The van der Waals surface area contributed by atoms with Gasteiger partial charge in [0.1, 0.15) is 11.4 Å². The predicted molar refractivity (Wildman–Crippen MR) is 105 cm³/mol. The van der Waals surface area contributed by atoms with Crippen molar-refractivity contribution in [2.45, 2.75) is 39.3 Å². The molecule has 1 unspecified atom stereocenters. The van der Waals surface area contributed by atoms with E-state index in [1.807, 2.05) is 0 Å². The van der Waals surface area contributed by atoms with E-state index in [2.05, 4.69) is 5.32 Å². The third kappa shape index (κ3) is 4.29. The molecule has 0 saturated carbocycles. The number of rotatable bonds is 4. The first-order chi connectivity index (χ1) is 13.6. The van der Waals surface area contributed by atoms with Gasteiger partial charge in [0, 0.05) is 6.54 Å². The zero-order valence-corrected chi connectivity index (χ0v) is 16.8. The molecule has 0 aliphatic carbocycles. The zero-order chi connectivity index (χ0) is 21.3. The lowest BCUT2D eigenvalue weighted by Crippen LogP contribution is -2.42. The number of halogens is 1. The molecule has 1 aliphatic heterocycles. The fourth-order valence-electron chi connectivity index (χ4n) is 3.34. The van der Waals surface area contributed by atoms with E-state index in [1.165, 1.54) is 18.2 Å². The van der Waals surface area contributed by atoms with Crippen LogP contribution in [-0.2, 0) is 4.74 Å². The van der Waals surface area contributed by atoms with E-state index in [-0.39, 0.29) is 6.54 Å². The summed E-state index contributed by atoms with van der Waals surface area (Å²) in [6.45, 7) is 6.83. The first-order valence-corrected chi connectivity index (χ1v) is 9.28. The number of carbonyl (C=O) groups is 3. The third-order valence-electron chi connectivity index (χ3n) is 4.57. The molecule has 0 aromatic heterocycles. The SMILES string of the molecule is Cc1cc(F)ccc1C(CNC(=O)OC(C)(C)C)N1C(=O)c2ccccc2C1=O. The molecule has 0 radical (unpaired) electrons. The monoisotopic (exact) mass is 398 g/mol. The standard InChI is InChI=1S/C22H23FN2O4/c1-13-11-14(23)9-10-15(13)18(12-24-21(28)29-22(2,3)4)25-19(26)16-7-5-6-8-17(16)20(25)27/h5-11,18H,12H2,1-4H3,(H,24,28). The molecule has 0 saturated heterocycles. The topological polar surface area (TPSA) is 75.7 Å². The second kappa shape index (κ2) is 7.66. The van der Waals surface area contributed by atoms with Crippen molar-refractivity contribution in [1.82, 2.24) is 10.2 Å². The molecule has 1 heterocycles. The molecule has 29 heavy (non-hydrogen) atoms. The van der Waals surface area contributed by atoms with Crippen LogP contribution in [0, 0.1) is 12.7 Å². The largest absolute Gasteiger partial charge is 0.444 e. The Labute approximate surface area is 168 Å². The van der Waals surface area contributed by atoms with Gasteiger partial charge in [0.05, 0.1) is 17.2 Å². The predicted octanol–water partition coefficient (Wildman–Crippen LogP) is 4.00. The first-order valence-electron chi connectivity index (χ1n) is 9.28. The summed E-state index contributed by atoms with van der Waals surface area (Å²) in [5.74, 6) is -1.33. The molecule has 3 amide bonds. The summed E-state index contributed by atoms with van der Waals surface area (Å²) < 4.78 is 18.9. The average molecular weight is 398 g/mol. The summed E-state index contributed by atoms with van der Waals surface area (Å²) in [5, 5.41) is 2.62. The number of amides is 3. The third-order valence-corrected chi connectivity index (χ3v) is 4.57. The number of ether oxygens (including phenoxy) is 1. The zero-order valence-electron chi connectivity index (χ0n) is 16.8. The highest BCUT2D eigenvalue weighted by Gasteiger charge is 2.41. The molecule has 0 fully saturated rings. The summed E-state index contributed by atoms with van der Waals surface area (Å²) in [6, 6.07) is 9.85. The Bertz CT molecular complexity index is 946. The van der Waals surface area contributed by atoms with Crippen LogP contribution in [0.25, 0.3) is 0 Å². The van der Waals surface area contributed by atoms with Gasteiger partial charge in [-0.1, -0.05) is 18.2 Å². The van der Waals surface area contributed by atoms with E-state index in [0.29, 0.717) is 22.3 Å². The van der Waals surface area contributed by atoms with Gasteiger partial charge in [-0.3, -0.25) is 14.5 Å². The quantitative estimate of drug-likeness (QED) is 0.790. The summed E-state index contributed by atoms with van der Waals surface area (Å²) in [6.07, 6.45) is -0.668. The van der Waals surface area contributed by atoms with E-state index >= 15 is 0 Å². The number of hydrogen-bond acceptors (Lipinski definition) is 4. The number of nitrogens with zero attached hydrogens (tertiary/aromatic N) is 1. The molecule has 1 aliphatic rings. The van der Waals surface area contributed by atoms with Gasteiger partial charge < -0.3 is 10.1 Å². The highest BCUT2D eigenvalue weighted by atomic mass is 19.1. The summed E-state index contributed by atoms with van der Waals surface area (Å²) in [5.41, 5.74) is 1.05. The Morgan fingerprint density at radius 2 is 1.69 bits per heavy atom. The Balaban J connectivity index is 1.95. The van der Waals surface area contributed by atoms with Crippen LogP contribution >= 0.6 is 0 Å². The molecule has 1 atom stereocenters. The van der Waals surface area contributed by atoms with Gasteiger partial charge in [0.15, 0.2) is 0 Å². The molecule has 3 rings (SSSR count). The number of hydrogen-bond donors (Lipinski definition) is 1. The number of nitrogens with one attached hydrogen (secondary N) is 1. The minimum absolute atomic E-state index is 0.0626. The Morgan fingerprint density at radius 1 is 1.10 bits per heavy atom. The smallest absolute Gasteiger partial charge is 0.407 e. The lowest BCUT2D eigenvalue weighted by Gasteiger charge is -2.29. The number of fused-ring (bicyclic) bond motifs is 1. The maximum absolute atomic E-state index is 13.6. The fourth-order valence-corrected chi connectivity index (χ4v) is 3.34. The molecule has 0 bridgehead atoms. The molecule has 2 aromatic rings. The molecule has 152 valence electrons. The van der Waals surface area contributed by atoms with Gasteiger partial charge >= 0.3 is 6.09 Å². The Hall–Kier alpha value is -3.22. The lowest BCUT2D eigenvalue weighted by molar-refractivity contribution is 0.0466. The van der Waals surface area contributed by atoms with Crippen molar-refractivity contribution in [3.63, 3.8) is 0 Å². The average Bonchev–Trinajstić information content (AvgIpc) is 2.87. The van der Waals surface area contributed by atoms with Crippen LogP contribution in [0.2, 0.25) is 0 Å². The van der Waals surface area contributed by atoms with Gasteiger partial charge in [-0.05, 0) is 63.1 Å². The van der Waals surface area contributed by atoms with Crippen LogP contribution in [0.1, 0.15) is 58.7 Å². The summed E-state index contributed by atoms with van der Waals surface area (Å²) in [4.78, 5) is 39.2. The van der Waals surface area contributed by atoms with Crippen molar-refractivity contribution in [2.75, 3.05) is 6.54 Å². The molecule has 1 N–H and O–H groups in total. The maximum Gasteiger partial charge on any atom is 0.407 e. The van der Waals surface area contributed by atoms with E-state index < -0.39 is 35.4 Å². The minimum Gasteiger partial charge on any atom is -0.444 e. The van der Waals surface area contributed by atoms with E-state index in [4.69, 9.17) is 4.74 Å². The van der Waals surface area contributed by atoms with Gasteiger partial charge in [0.25, 0.3) is 11.8 Å². The molecule has 2 aromatic carbocycles. The second-order valence-corrected chi connectivity index (χ2v) is 7.93. The molecule has 6 nitrogen and oxygen atoms in total. The summed E-state index contributed by atoms with van der Waals surface area (Å²) in [7, 11) is 0. The van der Waals surface area contributed by atoms with Crippen LogP contribution < -0.4 is 5.32 Å². The van der Waals surface area contributed by atoms with Crippen molar-refractivity contribution in [2.24, 2.45) is 0 Å². The van der Waals surface area contributed by atoms with Crippen molar-refractivity contribution in [3.05, 3.63) is 70.5 Å². The van der Waals surface area contributed by atoms with Gasteiger partial charge in [-0.2, -0.15) is 0 Å². The van der Waals surface area contributed by atoms with E-state index in [0.717, 1.165) is 4.90 Å². The maximum atomic E-state index is 13.6. The number of benzene rings is 2.